The molecule has 0 aliphatic rings. The predicted octanol–water partition coefficient (Wildman–Crippen LogP) is 7.16. The quantitative estimate of drug-likeness (QED) is 0.265. The van der Waals surface area contributed by atoms with Crippen LogP contribution in [0.1, 0.15) is 51.4 Å². The van der Waals surface area contributed by atoms with Crippen molar-refractivity contribution in [2.24, 2.45) is 0 Å². The summed E-state index contributed by atoms with van der Waals surface area (Å²) in [5.74, 6) is 0. The van der Waals surface area contributed by atoms with Crippen LogP contribution in [0.4, 0.5) is 0 Å². The summed E-state index contributed by atoms with van der Waals surface area (Å²) in [5.41, 5.74) is 0. The van der Waals surface area contributed by atoms with E-state index in [1.54, 1.807) is 0 Å². The van der Waals surface area contributed by atoms with E-state index in [2.05, 4.69) is 31.9 Å². The molecule has 0 spiro atoms. The van der Waals surface area contributed by atoms with Crippen LogP contribution in [0, 0.1) is 0 Å². The molecule has 0 amide bonds. The number of unbranched alkanes of at least 4 members (excludes halogenated alkanes) is 5. The lowest BCUT2D eigenvalue weighted by Gasteiger charge is -2.11. The summed E-state index contributed by atoms with van der Waals surface area (Å²) >= 11 is 29.6. The zero-order chi connectivity index (χ0) is 12.7. The van der Waals surface area contributed by atoms with Crippen molar-refractivity contribution in [3.63, 3.8) is 0 Å². The minimum absolute atomic E-state index is 0.750. The topological polar surface area (TPSA) is 0 Å². The molecule has 0 atom stereocenters. The van der Waals surface area contributed by atoms with Crippen molar-refractivity contribution in [3.8, 4) is 0 Å². The van der Waals surface area contributed by atoms with E-state index in [9.17, 15) is 0 Å². The first-order valence-electron chi connectivity index (χ1n) is 5.34. The Hall–Kier alpha value is 2.12. The summed E-state index contributed by atoms with van der Waals surface area (Å²) in [5, 5.41) is 0. The molecule has 0 aromatic carbocycles. The summed E-state index contributed by atoms with van der Waals surface area (Å²) < 4.78 is -1.50. The van der Waals surface area contributed by atoms with Gasteiger partial charge in [0.1, 0.15) is 0 Å². The van der Waals surface area contributed by atoms with Crippen LogP contribution in [0.15, 0.2) is 0 Å². The molecule has 0 nitrogen and oxygen atoms in total. The molecule has 6 heteroatoms. The van der Waals surface area contributed by atoms with Crippen LogP contribution in [0.2, 0.25) is 0 Å². The van der Waals surface area contributed by atoms with Gasteiger partial charge in [-0.25, -0.2) is 0 Å². The zero-order valence-electron chi connectivity index (χ0n) is 8.92. The van der Waals surface area contributed by atoms with Crippen molar-refractivity contribution in [2.75, 3.05) is 0 Å². The molecule has 0 unspecified atom stereocenters. The zero-order valence-corrected chi connectivity index (χ0v) is 15.1. The highest BCUT2D eigenvalue weighted by molar-refractivity contribution is 9.11. The number of rotatable bonds is 9. The fourth-order valence-electron chi connectivity index (χ4n) is 1.36. The number of hydrogen-bond acceptors (Lipinski definition) is 0. The van der Waals surface area contributed by atoms with Gasteiger partial charge < -0.3 is 0 Å². The Bertz CT molecular complexity index is 155. The van der Waals surface area contributed by atoms with Crippen molar-refractivity contribution >= 4 is 78.3 Å². The van der Waals surface area contributed by atoms with Gasteiger partial charge >= 0.3 is 0 Å². The van der Waals surface area contributed by atoms with Crippen LogP contribution in [0.5, 0.6) is 0 Å². The Labute approximate surface area is 135 Å². The Morgan fingerprint density at radius 2 is 0.812 bits per heavy atom. The third kappa shape index (κ3) is 16.1. The first kappa shape index (κ1) is 18.1. The highest BCUT2D eigenvalue weighted by atomic mass is 79.9. The molecule has 0 aromatic rings. The standard InChI is InChI=1S/C10H16Br2Cl4/c11-9(13,14)7-5-3-1-2-4-6-8-10(12,15)16/h1-8H2. The maximum atomic E-state index is 5.79. The number of halogens is 6. The summed E-state index contributed by atoms with van der Waals surface area (Å²) in [6, 6.07) is 0. The normalized spacial score (nSPS) is 13.1. The molecule has 0 aliphatic heterocycles. The van der Waals surface area contributed by atoms with Crippen molar-refractivity contribution in [3.05, 3.63) is 0 Å². The second-order valence-electron chi connectivity index (χ2n) is 3.85. The van der Waals surface area contributed by atoms with E-state index in [0.717, 1.165) is 38.5 Å². The molecule has 0 N–H and O–H groups in total. The van der Waals surface area contributed by atoms with Gasteiger partial charge in [0.25, 0.3) is 0 Å². The minimum atomic E-state index is -0.750. The maximum absolute atomic E-state index is 5.79. The third-order valence-corrected chi connectivity index (χ3v) is 3.72. The van der Waals surface area contributed by atoms with Crippen LogP contribution in [0.25, 0.3) is 0 Å². The van der Waals surface area contributed by atoms with Crippen molar-refractivity contribution in [1.29, 1.82) is 0 Å². The van der Waals surface area contributed by atoms with E-state index in [-0.39, 0.29) is 0 Å². The average Bonchev–Trinajstić information content (AvgIpc) is 2.06. The van der Waals surface area contributed by atoms with Gasteiger partial charge in [-0.1, -0.05) is 72.1 Å². The smallest absolute Gasteiger partial charge is 0.0888 e. The Morgan fingerprint density at radius 3 is 1.06 bits per heavy atom. The number of hydrogen-bond donors (Lipinski definition) is 0. The lowest BCUT2D eigenvalue weighted by molar-refractivity contribution is 0.575. The van der Waals surface area contributed by atoms with E-state index in [1.807, 2.05) is 0 Å². The first-order valence-corrected chi connectivity index (χ1v) is 8.44. The second kappa shape index (κ2) is 9.09. The average molecular weight is 438 g/mol. The number of alkyl halides is 6. The highest BCUT2D eigenvalue weighted by Crippen LogP contribution is 2.35. The van der Waals surface area contributed by atoms with Gasteiger partial charge in [-0.3, -0.25) is 0 Å². The molecule has 0 rings (SSSR count). The van der Waals surface area contributed by atoms with Crippen molar-refractivity contribution in [2.45, 2.75) is 57.9 Å². The molecule has 0 aliphatic carbocycles. The molecule has 0 saturated carbocycles. The summed E-state index contributed by atoms with van der Waals surface area (Å²) in [6.07, 6.45) is 8.39. The van der Waals surface area contributed by atoms with Crippen LogP contribution in [0.3, 0.4) is 0 Å². The molecule has 0 bridgehead atoms. The highest BCUT2D eigenvalue weighted by Gasteiger charge is 2.18. The Balaban J connectivity index is 3.17. The lowest BCUT2D eigenvalue weighted by atomic mass is 10.1. The fourth-order valence-corrected chi connectivity index (χ4v) is 2.45. The Morgan fingerprint density at radius 1 is 0.562 bits per heavy atom. The van der Waals surface area contributed by atoms with Gasteiger partial charge in [0.2, 0.25) is 0 Å². The molecule has 16 heavy (non-hydrogen) atoms. The summed E-state index contributed by atoms with van der Waals surface area (Å²) in [4.78, 5) is 0. The largest absolute Gasteiger partial charge is 0.172 e. The Kier molecular flexibility index (Phi) is 10.3. The minimum Gasteiger partial charge on any atom is -0.0888 e. The molecule has 0 aromatic heterocycles. The van der Waals surface area contributed by atoms with Crippen LogP contribution in [-0.2, 0) is 0 Å². The molecular weight excluding hydrogens is 422 g/mol. The van der Waals surface area contributed by atoms with Crippen LogP contribution in [-0.4, -0.2) is 6.49 Å². The van der Waals surface area contributed by atoms with Gasteiger partial charge in [0.05, 0.1) is 0 Å². The van der Waals surface area contributed by atoms with E-state index >= 15 is 0 Å². The third-order valence-electron chi connectivity index (χ3n) is 2.17. The van der Waals surface area contributed by atoms with Gasteiger partial charge in [-0.2, -0.15) is 0 Å². The van der Waals surface area contributed by atoms with Gasteiger partial charge in [-0.15, -0.1) is 0 Å². The van der Waals surface area contributed by atoms with E-state index < -0.39 is 6.49 Å². The SMILES string of the molecule is ClC(Cl)(Br)CCCCCCCCC(Cl)(Cl)Br. The van der Waals surface area contributed by atoms with Crippen LogP contribution < -0.4 is 0 Å². The van der Waals surface area contributed by atoms with E-state index in [4.69, 9.17) is 46.4 Å². The van der Waals surface area contributed by atoms with Gasteiger partial charge in [0.15, 0.2) is 6.49 Å². The van der Waals surface area contributed by atoms with E-state index in [1.165, 1.54) is 12.8 Å². The molecule has 98 valence electrons. The van der Waals surface area contributed by atoms with Crippen LogP contribution >= 0.6 is 78.3 Å². The second-order valence-corrected chi connectivity index (χ2v) is 11.4. The lowest BCUT2D eigenvalue weighted by Crippen LogP contribution is -2.00. The van der Waals surface area contributed by atoms with Crippen molar-refractivity contribution in [1.82, 2.24) is 0 Å². The molecular formula is C10H16Br2Cl4. The predicted molar refractivity (Wildman–Crippen MR) is 83.7 cm³/mol. The summed E-state index contributed by atoms with van der Waals surface area (Å²) in [6.45, 7) is 0. The monoisotopic (exact) mass is 434 g/mol. The van der Waals surface area contributed by atoms with Gasteiger partial charge in [-0.05, 0) is 57.5 Å². The van der Waals surface area contributed by atoms with E-state index in [0.29, 0.717) is 0 Å². The molecule has 0 saturated heterocycles. The maximum Gasteiger partial charge on any atom is 0.172 e. The van der Waals surface area contributed by atoms with Crippen molar-refractivity contribution < 1.29 is 0 Å². The molecule has 0 fully saturated rings. The molecule has 0 heterocycles. The fraction of sp³-hybridized carbons (Fsp3) is 1.00. The molecule has 0 radical (unpaired) electrons. The van der Waals surface area contributed by atoms with Gasteiger partial charge in [0, 0.05) is 0 Å². The first-order chi connectivity index (χ1) is 7.21. The summed E-state index contributed by atoms with van der Waals surface area (Å²) in [7, 11) is 0.